The van der Waals surface area contributed by atoms with Crippen LogP contribution >= 0.6 is 11.3 Å². The summed E-state index contributed by atoms with van der Waals surface area (Å²) >= 11 is 0.674. The quantitative estimate of drug-likeness (QED) is 0.491. The Morgan fingerprint density at radius 3 is 2.53 bits per heavy atom. The van der Waals surface area contributed by atoms with Crippen molar-refractivity contribution in [3.8, 4) is 0 Å². The SMILES string of the molecule is O=C(O)Cc1nn(Cc2nc3cc(F)cc(C(F)(F)F)c3s2)c(=O)c2ccccc12. The molecule has 0 radical (unpaired) electrons. The Hall–Kier alpha value is -3.34. The third-order valence-corrected chi connectivity index (χ3v) is 5.44. The van der Waals surface area contributed by atoms with Crippen molar-refractivity contribution >= 4 is 38.3 Å². The fourth-order valence-electron chi connectivity index (χ4n) is 3.14. The average Bonchev–Trinajstić information content (AvgIpc) is 3.05. The molecule has 0 saturated carbocycles. The molecule has 0 atom stereocenters. The largest absolute Gasteiger partial charge is 0.481 e. The Labute approximate surface area is 169 Å². The third kappa shape index (κ3) is 3.63. The van der Waals surface area contributed by atoms with E-state index in [9.17, 15) is 27.2 Å². The molecule has 154 valence electrons. The molecule has 2 aromatic heterocycles. The number of carboxylic acid groups (broad SMARTS) is 1. The summed E-state index contributed by atoms with van der Waals surface area (Å²) < 4.78 is 54.0. The number of halogens is 4. The van der Waals surface area contributed by atoms with Crippen LogP contribution < -0.4 is 5.56 Å². The zero-order chi connectivity index (χ0) is 21.6. The van der Waals surface area contributed by atoms with Crippen LogP contribution in [0.5, 0.6) is 0 Å². The zero-order valence-corrected chi connectivity index (χ0v) is 15.7. The average molecular weight is 437 g/mol. The van der Waals surface area contributed by atoms with Crippen LogP contribution in [0.25, 0.3) is 21.0 Å². The number of carbonyl (C=O) groups is 1. The summed E-state index contributed by atoms with van der Waals surface area (Å²) in [6.45, 7) is -0.283. The number of aromatic nitrogens is 3. The van der Waals surface area contributed by atoms with Crippen LogP contribution in [0, 0.1) is 5.82 Å². The van der Waals surface area contributed by atoms with Gasteiger partial charge in [0.1, 0.15) is 10.8 Å². The van der Waals surface area contributed by atoms with Crippen LogP contribution in [-0.4, -0.2) is 25.8 Å². The van der Waals surface area contributed by atoms with E-state index in [1.165, 1.54) is 6.07 Å². The molecule has 11 heteroatoms. The highest BCUT2D eigenvalue weighted by molar-refractivity contribution is 7.18. The first kappa shape index (κ1) is 20.0. The van der Waals surface area contributed by atoms with E-state index in [0.717, 1.165) is 10.7 Å². The molecule has 0 bridgehead atoms. The predicted molar refractivity (Wildman–Crippen MR) is 101 cm³/mol. The first-order valence-corrected chi connectivity index (χ1v) is 9.32. The molecule has 30 heavy (non-hydrogen) atoms. The van der Waals surface area contributed by atoms with E-state index in [0.29, 0.717) is 22.8 Å². The topological polar surface area (TPSA) is 85.1 Å². The first-order valence-electron chi connectivity index (χ1n) is 8.50. The summed E-state index contributed by atoms with van der Waals surface area (Å²) in [6.07, 6.45) is -5.21. The second-order valence-corrected chi connectivity index (χ2v) is 7.52. The molecule has 0 spiro atoms. The van der Waals surface area contributed by atoms with E-state index < -0.39 is 35.5 Å². The van der Waals surface area contributed by atoms with E-state index in [2.05, 4.69) is 10.1 Å². The lowest BCUT2D eigenvalue weighted by Crippen LogP contribution is -2.26. The zero-order valence-electron chi connectivity index (χ0n) is 14.9. The molecule has 0 amide bonds. The Kier molecular flexibility index (Phi) is 4.77. The summed E-state index contributed by atoms with van der Waals surface area (Å²) in [7, 11) is 0. The van der Waals surface area contributed by atoms with Crippen molar-refractivity contribution in [1.82, 2.24) is 14.8 Å². The van der Waals surface area contributed by atoms with Gasteiger partial charge in [0.25, 0.3) is 5.56 Å². The van der Waals surface area contributed by atoms with Crippen molar-refractivity contribution in [2.75, 3.05) is 0 Å². The van der Waals surface area contributed by atoms with Crippen LogP contribution in [0.1, 0.15) is 16.3 Å². The van der Waals surface area contributed by atoms with Crippen molar-refractivity contribution in [3.63, 3.8) is 0 Å². The van der Waals surface area contributed by atoms with Crippen LogP contribution in [0.4, 0.5) is 17.6 Å². The predicted octanol–water partition coefficient (Wildman–Crippen LogP) is 3.84. The van der Waals surface area contributed by atoms with Gasteiger partial charge in [0.15, 0.2) is 0 Å². The number of nitrogens with zero attached hydrogens (tertiary/aromatic N) is 3. The van der Waals surface area contributed by atoms with Crippen LogP contribution in [0.3, 0.4) is 0 Å². The summed E-state index contributed by atoms with van der Waals surface area (Å²) in [4.78, 5) is 27.9. The molecule has 6 nitrogen and oxygen atoms in total. The number of thiazole rings is 1. The van der Waals surface area contributed by atoms with E-state index in [-0.39, 0.29) is 32.8 Å². The second kappa shape index (κ2) is 7.17. The number of hydrogen-bond acceptors (Lipinski definition) is 5. The van der Waals surface area contributed by atoms with Gasteiger partial charge in [-0.05, 0) is 12.1 Å². The molecule has 0 unspecified atom stereocenters. The number of benzene rings is 2. The normalized spacial score (nSPS) is 12.0. The summed E-state index contributed by atoms with van der Waals surface area (Å²) in [5.74, 6) is -2.22. The van der Waals surface area contributed by atoms with Gasteiger partial charge in [0, 0.05) is 11.5 Å². The van der Waals surface area contributed by atoms with E-state index in [4.69, 9.17) is 5.11 Å². The van der Waals surface area contributed by atoms with Gasteiger partial charge in [-0.3, -0.25) is 9.59 Å². The van der Waals surface area contributed by atoms with E-state index >= 15 is 0 Å². The second-order valence-electron chi connectivity index (χ2n) is 6.43. The Bertz CT molecular complexity index is 1360. The first-order chi connectivity index (χ1) is 14.1. The number of alkyl halides is 3. The molecule has 0 saturated heterocycles. The number of hydrogen-bond donors (Lipinski definition) is 1. The van der Waals surface area contributed by atoms with Crippen molar-refractivity contribution < 1.29 is 27.5 Å². The van der Waals surface area contributed by atoms with Gasteiger partial charge in [0.2, 0.25) is 0 Å². The van der Waals surface area contributed by atoms with E-state index in [1.807, 2.05) is 0 Å². The van der Waals surface area contributed by atoms with Gasteiger partial charge < -0.3 is 5.11 Å². The van der Waals surface area contributed by atoms with E-state index in [1.54, 1.807) is 18.2 Å². The summed E-state index contributed by atoms with van der Waals surface area (Å²) in [6, 6.07) is 7.61. The van der Waals surface area contributed by atoms with Gasteiger partial charge in [0.05, 0.1) is 39.8 Å². The number of rotatable bonds is 4. The minimum absolute atomic E-state index is 0.104. The van der Waals surface area contributed by atoms with Crippen molar-refractivity contribution in [1.29, 1.82) is 0 Å². The number of carboxylic acids is 1. The Morgan fingerprint density at radius 1 is 1.17 bits per heavy atom. The molecule has 0 aliphatic carbocycles. The minimum Gasteiger partial charge on any atom is -0.481 e. The number of aliphatic carboxylic acids is 1. The highest BCUT2D eigenvalue weighted by Gasteiger charge is 2.34. The smallest absolute Gasteiger partial charge is 0.417 e. The maximum atomic E-state index is 13.6. The maximum Gasteiger partial charge on any atom is 0.417 e. The molecule has 0 aliphatic heterocycles. The molecule has 1 N–H and O–H groups in total. The highest BCUT2D eigenvalue weighted by atomic mass is 32.1. The Balaban J connectivity index is 1.85. The molecule has 2 heterocycles. The summed E-state index contributed by atoms with van der Waals surface area (Å²) in [5.41, 5.74) is -1.73. The fraction of sp³-hybridized carbons (Fsp3) is 0.158. The molecule has 4 rings (SSSR count). The van der Waals surface area contributed by atoms with Crippen molar-refractivity contribution in [2.45, 2.75) is 19.1 Å². The van der Waals surface area contributed by atoms with Crippen molar-refractivity contribution in [3.05, 3.63) is 68.8 Å². The van der Waals surface area contributed by atoms with Crippen LogP contribution in [-0.2, 0) is 23.9 Å². The van der Waals surface area contributed by atoms with Gasteiger partial charge in [-0.25, -0.2) is 14.1 Å². The molecule has 4 aromatic rings. The molecular formula is C19H11F4N3O3S. The van der Waals surface area contributed by atoms with Gasteiger partial charge >= 0.3 is 12.1 Å². The Morgan fingerprint density at radius 2 is 1.87 bits per heavy atom. The summed E-state index contributed by atoms with van der Waals surface area (Å²) in [5, 5.41) is 13.9. The van der Waals surface area contributed by atoms with Crippen LogP contribution in [0.2, 0.25) is 0 Å². The number of fused-ring (bicyclic) bond motifs is 2. The van der Waals surface area contributed by atoms with Gasteiger partial charge in [-0.1, -0.05) is 18.2 Å². The minimum atomic E-state index is -4.77. The van der Waals surface area contributed by atoms with Gasteiger partial charge in [-0.2, -0.15) is 18.3 Å². The lowest BCUT2D eigenvalue weighted by atomic mass is 10.1. The fourth-order valence-corrected chi connectivity index (χ4v) is 4.20. The monoisotopic (exact) mass is 437 g/mol. The lowest BCUT2D eigenvalue weighted by molar-refractivity contribution is -0.137. The van der Waals surface area contributed by atoms with Crippen molar-refractivity contribution in [2.24, 2.45) is 0 Å². The van der Waals surface area contributed by atoms with Crippen LogP contribution in [0.15, 0.2) is 41.2 Å². The third-order valence-electron chi connectivity index (χ3n) is 4.35. The standard InChI is InChI=1S/C19H11F4N3O3S/c20-9-5-12(19(21,22)23)17-14(6-9)24-15(30-17)8-26-18(29)11-4-2-1-3-10(11)13(25-26)7-16(27)28/h1-6H,7-8H2,(H,27,28). The maximum absolute atomic E-state index is 13.6. The molecule has 0 aliphatic rings. The lowest BCUT2D eigenvalue weighted by Gasteiger charge is -2.08. The van der Waals surface area contributed by atoms with Gasteiger partial charge in [-0.15, -0.1) is 11.3 Å². The highest BCUT2D eigenvalue weighted by Crippen LogP contribution is 2.38. The molecule has 0 fully saturated rings. The molecule has 2 aromatic carbocycles. The molecular weight excluding hydrogens is 426 g/mol.